The molecule has 3 aromatic rings. The minimum atomic E-state index is -0.497. The Morgan fingerprint density at radius 3 is 2.28 bits per heavy atom. The maximum absolute atomic E-state index is 13.0. The van der Waals surface area contributed by atoms with Crippen molar-refractivity contribution < 1.29 is 14.7 Å². The van der Waals surface area contributed by atoms with E-state index in [1.54, 1.807) is 24.3 Å². The van der Waals surface area contributed by atoms with Crippen LogP contribution in [0.2, 0.25) is 5.02 Å². The van der Waals surface area contributed by atoms with Crippen LogP contribution in [-0.2, 0) is 0 Å². The van der Waals surface area contributed by atoms with E-state index in [1.807, 2.05) is 31.2 Å². The first kappa shape index (κ1) is 27.3. The number of halogens is 2. The van der Waals surface area contributed by atoms with Crippen LogP contribution in [0.15, 0.2) is 60.7 Å². The quantitative estimate of drug-likeness (QED) is 0.385. The summed E-state index contributed by atoms with van der Waals surface area (Å²) in [6.07, 6.45) is 1.09. The lowest BCUT2D eigenvalue weighted by Gasteiger charge is -2.23. The Bertz CT molecular complexity index is 1220. The standard InChI is InChI=1S/C27H29ClN4O3.ClH/c1-18-4-8-21(9-5-18)29-27(35)23-16-20(28)17-24(33)25(23)30-26(34)19-6-10-22(11-7-19)32-13-3-12-31(2)14-15-32;/h4-11,16-17,33H,3,12-15H2,1-2H3,(H,29,35)(H,30,34);1H. The topological polar surface area (TPSA) is 84.9 Å². The number of aryl methyl sites for hydroxylation is 1. The molecule has 0 atom stereocenters. The second kappa shape index (κ2) is 12.1. The molecule has 9 heteroatoms. The van der Waals surface area contributed by atoms with E-state index in [1.165, 1.54) is 12.1 Å². The van der Waals surface area contributed by atoms with E-state index >= 15 is 0 Å². The molecule has 190 valence electrons. The molecule has 0 saturated carbocycles. The average Bonchev–Trinajstić information content (AvgIpc) is 3.06. The molecule has 36 heavy (non-hydrogen) atoms. The largest absolute Gasteiger partial charge is 0.506 e. The van der Waals surface area contributed by atoms with Gasteiger partial charge in [0.2, 0.25) is 0 Å². The molecule has 4 rings (SSSR count). The van der Waals surface area contributed by atoms with Gasteiger partial charge in [-0.05, 0) is 69.4 Å². The minimum absolute atomic E-state index is 0. The Kier molecular flexibility index (Phi) is 9.20. The van der Waals surface area contributed by atoms with E-state index in [4.69, 9.17) is 11.6 Å². The van der Waals surface area contributed by atoms with Crippen molar-refractivity contribution in [1.29, 1.82) is 0 Å². The molecule has 0 aliphatic carbocycles. The zero-order valence-electron chi connectivity index (χ0n) is 20.3. The van der Waals surface area contributed by atoms with E-state index in [0.29, 0.717) is 11.3 Å². The molecule has 3 aromatic carbocycles. The fraction of sp³-hybridized carbons (Fsp3) is 0.259. The van der Waals surface area contributed by atoms with Gasteiger partial charge in [-0.3, -0.25) is 9.59 Å². The van der Waals surface area contributed by atoms with Crippen molar-refractivity contribution in [2.45, 2.75) is 13.3 Å². The molecule has 0 aromatic heterocycles. The van der Waals surface area contributed by atoms with Crippen LogP contribution in [0.25, 0.3) is 0 Å². The summed E-state index contributed by atoms with van der Waals surface area (Å²) in [5, 5.41) is 16.1. The third-order valence-corrected chi connectivity index (χ3v) is 6.31. The number of aromatic hydroxyl groups is 1. The highest BCUT2D eigenvalue weighted by molar-refractivity contribution is 6.31. The minimum Gasteiger partial charge on any atom is -0.506 e. The van der Waals surface area contributed by atoms with Crippen LogP contribution in [0.5, 0.6) is 5.75 Å². The summed E-state index contributed by atoms with van der Waals surface area (Å²) < 4.78 is 0. The summed E-state index contributed by atoms with van der Waals surface area (Å²) in [4.78, 5) is 30.6. The summed E-state index contributed by atoms with van der Waals surface area (Å²) in [6.45, 7) is 5.91. The SMILES string of the molecule is Cc1ccc(NC(=O)c2cc(Cl)cc(O)c2NC(=O)c2ccc(N3CCCN(C)CC3)cc2)cc1.Cl. The number of benzene rings is 3. The maximum Gasteiger partial charge on any atom is 0.257 e. The van der Waals surface area contributed by atoms with Crippen molar-refractivity contribution in [2.75, 3.05) is 48.8 Å². The predicted octanol–water partition coefficient (Wildman–Crippen LogP) is 5.42. The Morgan fingerprint density at radius 1 is 0.889 bits per heavy atom. The lowest BCUT2D eigenvalue weighted by Crippen LogP contribution is -2.28. The van der Waals surface area contributed by atoms with Gasteiger partial charge >= 0.3 is 0 Å². The number of carbonyl (C=O) groups is 2. The van der Waals surface area contributed by atoms with Crippen molar-refractivity contribution in [2.24, 2.45) is 0 Å². The Hall–Kier alpha value is -3.26. The number of anilines is 3. The average molecular weight is 529 g/mol. The highest BCUT2D eigenvalue weighted by atomic mass is 35.5. The first-order chi connectivity index (χ1) is 16.8. The number of likely N-dealkylation sites (N-methyl/N-ethyl adjacent to an activating group) is 1. The molecule has 1 heterocycles. The molecule has 1 saturated heterocycles. The molecule has 0 radical (unpaired) electrons. The fourth-order valence-corrected chi connectivity index (χ4v) is 4.26. The van der Waals surface area contributed by atoms with Gasteiger partial charge in [-0.15, -0.1) is 12.4 Å². The molecule has 2 amide bonds. The number of rotatable bonds is 5. The molecule has 0 unspecified atom stereocenters. The van der Waals surface area contributed by atoms with Gasteiger partial charge in [0.05, 0.1) is 11.3 Å². The van der Waals surface area contributed by atoms with E-state index in [0.717, 1.165) is 43.9 Å². The zero-order valence-corrected chi connectivity index (χ0v) is 21.8. The molecule has 1 aliphatic heterocycles. The van der Waals surface area contributed by atoms with Gasteiger partial charge in [0.25, 0.3) is 11.8 Å². The highest BCUT2D eigenvalue weighted by Crippen LogP contribution is 2.33. The molecular formula is C27H30Cl2N4O3. The lowest BCUT2D eigenvalue weighted by molar-refractivity contribution is 0.102. The third kappa shape index (κ3) is 6.69. The fourth-order valence-electron chi connectivity index (χ4n) is 4.05. The van der Waals surface area contributed by atoms with Crippen molar-refractivity contribution in [3.05, 3.63) is 82.4 Å². The van der Waals surface area contributed by atoms with Crippen molar-refractivity contribution >= 4 is 52.9 Å². The molecule has 0 bridgehead atoms. The summed E-state index contributed by atoms with van der Waals surface area (Å²) in [7, 11) is 2.12. The number of nitrogens with zero attached hydrogens (tertiary/aromatic N) is 2. The monoisotopic (exact) mass is 528 g/mol. The van der Waals surface area contributed by atoms with Crippen LogP contribution in [0, 0.1) is 6.92 Å². The molecule has 3 N–H and O–H groups in total. The van der Waals surface area contributed by atoms with Gasteiger partial charge in [-0.25, -0.2) is 0 Å². The second-order valence-corrected chi connectivity index (χ2v) is 9.25. The normalized spacial score (nSPS) is 13.9. The molecule has 7 nitrogen and oxygen atoms in total. The molecule has 1 fully saturated rings. The third-order valence-electron chi connectivity index (χ3n) is 6.09. The van der Waals surface area contributed by atoms with E-state index < -0.39 is 11.8 Å². The number of phenols is 1. The predicted molar refractivity (Wildman–Crippen MR) is 148 cm³/mol. The molecular weight excluding hydrogens is 499 g/mol. The smallest absolute Gasteiger partial charge is 0.257 e. The number of amides is 2. The lowest BCUT2D eigenvalue weighted by atomic mass is 10.1. The van der Waals surface area contributed by atoms with Crippen molar-refractivity contribution in [3.8, 4) is 5.75 Å². The van der Waals surface area contributed by atoms with Crippen LogP contribution in [0.4, 0.5) is 17.1 Å². The van der Waals surface area contributed by atoms with Crippen molar-refractivity contribution in [3.63, 3.8) is 0 Å². The van der Waals surface area contributed by atoms with E-state index in [2.05, 4.69) is 27.5 Å². The number of hydrogen-bond acceptors (Lipinski definition) is 5. The van der Waals surface area contributed by atoms with Crippen LogP contribution < -0.4 is 15.5 Å². The van der Waals surface area contributed by atoms with Crippen LogP contribution in [0.1, 0.15) is 32.7 Å². The Balaban J connectivity index is 0.00000361. The van der Waals surface area contributed by atoms with Crippen molar-refractivity contribution in [1.82, 2.24) is 4.90 Å². The van der Waals surface area contributed by atoms with Gasteiger partial charge in [0, 0.05) is 47.7 Å². The summed E-state index contributed by atoms with van der Waals surface area (Å²) >= 11 is 6.09. The zero-order chi connectivity index (χ0) is 24.9. The van der Waals surface area contributed by atoms with Crippen LogP contribution >= 0.6 is 24.0 Å². The second-order valence-electron chi connectivity index (χ2n) is 8.81. The molecule has 0 spiro atoms. The Labute approximate surface area is 222 Å². The van der Waals surface area contributed by atoms with Gasteiger partial charge < -0.3 is 25.5 Å². The van der Waals surface area contributed by atoms with Gasteiger partial charge in [-0.2, -0.15) is 0 Å². The first-order valence-corrected chi connectivity index (χ1v) is 11.9. The summed E-state index contributed by atoms with van der Waals surface area (Å²) in [5.41, 5.74) is 3.19. The number of carbonyl (C=O) groups excluding carboxylic acids is 2. The van der Waals surface area contributed by atoms with Crippen LogP contribution in [-0.4, -0.2) is 55.0 Å². The number of hydrogen-bond donors (Lipinski definition) is 3. The first-order valence-electron chi connectivity index (χ1n) is 11.6. The summed E-state index contributed by atoms with van der Waals surface area (Å²) in [5.74, 6) is -1.22. The van der Waals surface area contributed by atoms with E-state index in [-0.39, 0.29) is 34.4 Å². The Morgan fingerprint density at radius 2 is 1.58 bits per heavy atom. The number of phenolic OH excluding ortho intramolecular Hbond substituents is 1. The maximum atomic E-state index is 13.0. The molecule has 1 aliphatic rings. The highest BCUT2D eigenvalue weighted by Gasteiger charge is 2.20. The summed E-state index contributed by atoms with van der Waals surface area (Å²) in [6, 6.07) is 17.4. The van der Waals surface area contributed by atoms with Gasteiger partial charge in [-0.1, -0.05) is 29.3 Å². The van der Waals surface area contributed by atoms with Crippen LogP contribution in [0.3, 0.4) is 0 Å². The van der Waals surface area contributed by atoms with Gasteiger partial charge in [0.15, 0.2) is 0 Å². The number of nitrogens with one attached hydrogen (secondary N) is 2. The van der Waals surface area contributed by atoms with Gasteiger partial charge in [0.1, 0.15) is 5.75 Å². The van der Waals surface area contributed by atoms with E-state index in [9.17, 15) is 14.7 Å².